The molecule has 2 aromatic heterocycles. The average molecular weight is 526 g/mol. The first-order chi connectivity index (χ1) is 15.9. The van der Waals surface area contributed by atoms with Gasteiger partial charge in [-0.25, -0.2) is 4.98 Å². The van der Waals surface area contributed by atoms with Crippen molar-refractivity contribution in [3.8, 4) is 0 Å². The van der Waals surface area contributed by atoms with Crippen molar-refractivity contribution in [3.05, 3.63) is 68.7 Å². The van der Waals surface area contributed by atoms with Gasteiger partial charge in [-0.1, -0.05) is 25.5 Å². The van der Waals surface area contributed by atoms with Crippen LogP contribution in [-0.4, -0.2) is 16.1 Å². The van der Waals surface area contributed by atoms with Crippen molar-refractivity contribution >= 4 is 44.0 Å². The van der Waals surface area contributed by atoms with Crippen molar-refractivity contribution in [2.45, 2.75) is 23.9 Å². The van der Waals surface area contributed by atoms with E-state index in [0.29, 0.717) is 0 Å². The summed E-state index contributed by atoms with van der Waals surface area (Å²) in [5.74, 6) is 0.0121. The Hall–Kier alpha value is -3.62. The van der Waals surface area contributed by atoms with Crippen LogP contribution >= 0.6 is 10.2 Å². The lowest BCUT2D eigenvalue weighted by atomic mass is 10.1. The van der Waals surface area contributed by atoms with Gasteiger partial charge in [0.2, 0.25) is 0 Å². The van der Waals surface area contributed by atoms with Crippen molar-refractivity contribution in [1.82, 2.24) is 9.97 Å². The van der Waals surface area contributed by atoms with E-state index in [4.69, 9.17) is 0 Å². The van der Waals surface area contributed by atoms with Gasteiger partial charge in [-0.15, -0.1) is 0 Å². The number of nitrogens with zero attached hydrogens (tertiary/aromatic N) is 1. The lowest BCUT2D eigenvalue weighted by Crippen LogP contribution is -2.35. The Morgan fingerprint density at radius 2 is 1.57 bits per heavy atom. The number of alkyl halides is 3. The molecular weight excluding hydrogens is 512 g/mol. The Balaban J connectivity index is 1.59. The number of aromatic amines is 1. The number of aryl methyl sites for hydroxylation is 1. The lowest BCUT2D eigenvalue weighted by Gasteiger charge is -2.40. The Kier molecular flexibility index (Phi) is 5.04. The quantitative estimate of drug-likeness (QED) is 0.182. The third kappa shape index (κ3) is 5.23. The highest BCUT2D eigenvalue weighted by Crippen LogP contribution is 3.02. The molecule has 4 aromatic rings. The minimum atomic E-state index is -9.97. The number of nitrogens with one attached hydrogen (secondary N) is 3. The Labute approximate surface area is 190 Å². The summed E-state index contributed by atoms with van der Waals surface area (Å²) in [7, 11) is -9.97. The Morgan fingerprint density at radius 3 is 2.14 bits per heavy atom. The molecule has 188 valence electrons. The number of fused-ring (bicyclic) bond motifs is 1. The van der Waals surface area contributed by atoms with Gasteiger partial charge in [-0.2, -0.15) is 13.2 Å². The molecule has 0 bridgehead atoms. The van der Waals surface area contributed by atoms with E-state index >= 15 is 0 Å². The molecule has 0 spiro atoms. The number of anilines is 4. The zero-order chi connectivity index (χ0) is 25.9. The van der Waals surface area contributed by atoms with Gasteiger partial charge >= 0.3 is 16.4 Å². The summed E-state index contributed by atoms with van der Waals surface area (Å²) in [4.78, 5) is 28.4. The molecule has 4 rings (SSSR count). The number of aromatic nitrogens is 2. The van der Waals surface area contributed by atoms with Crippen LogP contribution in [0.4, 0.5) is 55.5 Å². The molecule has 0 saturated carbocycles. The number of benzene rings is 1. The van der Waals surface area contributed by atoms with Gasteiger partial charge in [0, 0.05) is 29.7 Å². The number of hydrogen-bond donors (Lipinski definition) is 3. The topological polar surface area (TPSA) is 86.9 Å². The van der Waals surface area contributed by atoms with Gasteiger partial charge in [-0.3, -0.25) is 9.59 Å². The first-order valence-corrected chi connectivity index (χ1v) is 11.6. The number of pyridine rings is 1. The standard InChI is InChI=1S/C20H14F8N4O2S/c21-20(22,23)6-5-10-1-4-15(30-8-10)32-17-16(18(33)19(17)34)31-14-9-29-13-3-2-11(7-12(13)14)35(24,25,26,27)28/h1-4,7-9,29,31H,5-6H2,(H,30,32). The summed E-state index contributed by atoms with van der Waals surface area (Å²) in [6.07, 6.45) is -3.43. The summed E-state index contributed by atoms with van der Waals surface area (Å²) in [5.41, 5.74) is -2.50. The number of halogens is 8. The molecule has 6 nitrogen and oxygen atoms in total. The SMILES string of the molecule is O=c1c(Nc2ccc(CCC(F)(F)F)cn2)c(Nc2c[nH]c3ccc(S(F)(F)(F)(F)F)cc23)c1=O. The molecule has 15 heteroatoms. The minimum Gasteiger partial charge on any atom is -0.359 e. The van der Waals surface area contributed by atoms with Gasteiger partial charge < -0.3 is 15.6 Å². The van der Waals surface area contributed by atoms with Crippen LogP contribution < -0.4 is 21.5 Å². The second kappa shape index (κ2) is 7.19. The molecule has 0 aliphatic rings. The fraction of sp³-hybridized carbons (Fsp3) is 0.150. The van der Waals surface area contributed by atoms with Crippen LogP contribution in [0.15, 0.2) is 57.2 Å². The number of hydrogen-bond acceptors (Lipinski definition) is 5. The second-order valence-electron chi connectivity index (χ2n) is 7.70. The number of H-pyrrole nitrogens is 1. The fourth-order valence-electron chi connectivity index (χ4n) is 3.27. The van der Waals surface area contributed by atoms with E-state index < -0.39 is 38.6 Å². The molecule has 2 aromatic carbocycles. The summed E-state index contributed by atoms with van der Waals surface area (Å²) < 4.78 is 103. The predicted octanol–water partition coefficient (Wildman–Crippen LogP) is 6.80. The molecule has 0 unspecified atom stereocenters. The number of rotatable bonds is 7. The molecule has 0 aliphatic carbocycles. The predicted molar refractivity (Wildman–Crippen MR) is 116 cm³/mol. The highest BCUT2D eigenvalue weighted by Gasteiger charge is 2.65. The molecule has 3 N–H and O–H groups in total. The van der Waals surface area contributed by atoms with Crippen LogP contribution in [0.3, 0.4) is 0 Å². The lowest BCUT2D eigenvalue weighted by molar-refractivity contribution is -0.134. The first-order valence-electron chi connectivity index (χ1n) is 9.65. The maximum absolute atomic E-state index is 13.2. The second-order valence-corrected chi connectivity index (χ2v) is 10.1. The van der Waals surface area contributed by atoms with Crippen molar-refractivity contribution in [1.29, 1.82) is 0 Å². The van der Waals surface area contributed by atoms with Crippen LogP contribution in [-0.2, 0) is 6.42 Å². The van der Waals surface area contributed by atoms with Gasteiger partial charge in [0.25, 0.3) is 10.9 Å². The van der Waals surface area contributed by atoms with Crippen molar-refractivity contribution < 1.29 is 32.6 Å². The molecule has 0 atom stereocenters. The van der Waals surface area contributed by atoms with E-state index in [-0.39, 0.29) is 57.9 Å². The molecule has 0 radical (unpaired) electrons. The molecule has 0 fully saturated rings. The normalized spacial score (nSPS) is 14.6. The van der Waals surface area contributed by atoms with E-state index in [1.54, 1.807) is 0 Å². The highest BCUT2D eigenvalue weighted by atomic mass is 32.5. The molecular formula is C20H14F8N4O2S. The fourth-order valence-corrected chi connectivity index (χ4v) is 3.93. The molecule has 2 heterocycles. The maximum Gasteiger partial charge on any atom is 0.389 e. The maximum atomic E-state index is 13.2. The third-order valence-electron chi connectivity index (χ3n) is 5.04. The van der Waals surface area contributed by atoms with E-state index in [2.05, 4.69) is 20.6 Å². The minimum absolute atomic E-state index is 0.0121. The van der Waals surface area contributed by atoms with E-state index in [9.17, 15) is 42.2 Å². The average Bonchev–Trinajstić information content (AvgIpc) is 3.15. The van der Waals surface area contributed by atoms with Crippen LogP contribution in [0.2, 0.25) is 0 Å². The van der Waals surface area contributed by atoms with Crippen LogP contribution in [0.25, 0.3) is 10.9 Å². The van der Waals surface area contributed by atoms with Crippen molar-refractivity contribution in [2.24, 2.45) is 0 Å². The first kappa shape index (κ1) is 24.5. The largest absolute Gasteiger partial charge is 0.389 e. The molecule has 35 heavy (non-hydrogen) atoms. The van der Waals surface area contributed by atoms with E-state index in [1.807, 2.05) is 0 Å². The van der Waals surface area contributed by atoms with Gasteiger partial charge in [0.15, 0.2) is 0 Å². The highest BCUT2D eigenvalue weighted by molar-refractivity contribution is 8.45. The Bertz CT molecular complexity index is 1500. The zero-order valence-electron chi connectivity index (χ0n) is 17.2. The molecule has 0 aliphatic heterocycles. The Morgan fingerprint density at radius 1 is 0.914 bits per heavy atom. The van der Waals surface area contributed by atoms with Crippen molar-refractivity contribution in [3.63, 3.8) is 0 Å². The molecule has 0 saturated heterocycles. The smallest absolute Gasteiger partial charge is 0.359 e. The summed E-state index contributed by atoms with van der Waals surface area (Å²) in [6, 6.07) is 3.88. The van der Waals surface area contributed by atoms with E-state index in [1.165, 1.54) is 12.1 Å². The van der Waals surface area contributed by atoms with Gasteiger partial charge in [-0.05, 0) is 36.2 Å². The summed E-state index contributed by atoms with van der Waals surface area (Å²) in [5, 5.41) is 4.69. The third-order valence-corrected chi connectivity index (χ3v) is 6.19. The van der Waals surface area contributed by atoms with Gasteiger partial charge in [0.05, 0.1) is 5.69 Å². The zero-order valence-corrected chi connectivity index (χ0v) is 18.0. The van der Waals surface area contributed by atoms with Crippen LogP contribution in [0.1, 0.15) is 12.0 Å². The van der Waals surface area contributed by atoms with Gasteiger partial charge in [0.1, 0.15) is 22.1 Å². The van der Waals surface area contributed by atoms with Crippen LogP contribution in [0, 0.1) is 0 Å². The molecule has 0 amide bonds. The van der Waals surface area contributed by atoms with Crippen molar-refractivity contribution in [2.75, 3.05) is 10.6 Å². The van der Waals surface area contributed by atoms with E-state index in [0.717, 1.165) is 18.5 Å². The summed E-state index contributed by atoms with van der Waals surface area (Å²) in [6.45, 7) is 0. The summed E-state index contributed by atoms with van der Waals surface area (Å²) >= 11 is 0. The van der Waals surface area contributed by atoms with Crippen LogP contribution in [0.5, 0.6) is 0 Å². The monoisotopic (exact) mass is 526 g/mol.